The number of esters is 1. The summed E-state index contributed by atoms with van der Waals surface area (Å²) in [7, 11) is 3.08. The van der Waals surface area contributed by atoms with Crippen LogP contribution in [0.3, 0.4) is 0 Å². The van der Waals surface area contributed by atoms with Gasteiger partial charge in [-0.1, -0.05) is 31.4 Å². The number of nitrogens with one attached hydrogen (secondary N) is 1. The Bertz CT molecular complexity index is 534. The molecule has 0 aromatic heterocycles. The molecule has 1 saturated carbocycles. The number of methoxy groups -OCH3 is 1. The van der Waals surface area contributed by atoms with Gasteiger partial charge in [-0.3, -0.25) is 4.79 Å². The Balaban J connectivity index is 2.37. The minimum atomic E-state index is -4.36. The summed E-state index contributed by atoms with van der Waals surface area (Å²) in [5.41, 5.74) is -0.735. The van der Waals surface area contributed by atoms with Gasteiger partial charge in [0, 0.05) is 6.04 Å². The summed E-state index contributed by atoms with van der Waals surface area (Å²) in [6.45, 7) is 0. The molecule has 0 saturated heterocycles. The van der Waals surface area contributed by atoms with Crippen LogP contribution in [-0.2, 0) is 15.7 Å². The van der Waals surface area contributed by atoms with Crippen LogP contribution in [0.15, 0.2) is 24.3 Å². The molecule has 2 rings (SSSR count). The quantitative estimate of drug-likeness (QED) is 0.846. The Labute approximate surface area is 134 Å². The minimum Gasteiger partial charge on any atom is -0.469 e. The van der Waals surface area contributed by atoms with Crippen molar-refractivity contribution in [3.8, 4) is 0 Å². The second-order valence-corrected chi connectivity index (χ2v) is 6.05. The molecule has 1 atom stereocenters. The van der Waals surface area contributed by atoms with E-state index in [2.05, 4.69) is 5.32 Å². The molecule has 1 aromatic carbocycles. The molecule has 3 nitrogen and oxygen atoms in total. The maximum absolute atomic E-state index is 12.7. The summed E-state index contributed by atoms with van der Waals surface area (Å²) in [5.74, 6) is -0.295. The summed E-state index contributed by atoms with van der Waals surface area (Å²) < 4.78 is 43.2. The van der Waals surface area contributed by atoms with Gasteiger partial charge in [0.05, 0.1) is 18.1 Å². The van der Waals surface area contributed by atoms with E-state index < -0.39 is 17.2 Å². The van der Waals surface area contributed by atoms with Crippen molar-refractivity contribution in [3.63, 3.8) is 0 Å². The van der Waals surface area contributed by atoms with Crippen LogP contribution in [0.5, 0.6) is 0 Å². The van der Waals surface area contributed by atoms with Crippen LogP contribution in [0.4, 0.5) is 13.2 Å². The van der Waals surface area contributed by atoms with Crippen molar-refractivity contribution in [2.75, 3.05) is 14.2 Å². The van der Waals surface area contributed by atoms with Crippen LogP contribution in [0.2, 0.25) is 0 Å². The fourth-order valence-electron chi connectivity index (χ4n) is 3.62. The molecule has 23 heavy (non-hydrogen) atoms. The zero-order valence-corrected chi connectivity index (χ0v) is 13.4. The Morgan fingerprint density at radius 1 is 1.17 bits per heavy atom. The fraction of sp³-hybridized carbons (Fsp3) is 0.588. The third-order valence-corrected chi connectivity index (χ3v) is 4.75. The zero-order valence-electron chi connectivity index (χ0n) is 13.4. The highest BCUT2D eigenvalue weighted by Crippen LogP contribution is 2.47. The number of hydrogen-bond acceptors (Lipinski definition) is 3. The SMILES string of the molecule is CNC(c1ccc(C(F)(F)F)cc1)C1(C(=O)OC)CCCCC1. The molecule has 1 N–H and O–H groups in total. The summed E-state index contributed by atoms with van der Waals surface area (Å²) in [4.78, 5) is 12.4. The van der Waals surface area contributed by atoms with Gasteiger partial charge in [-0.05, 0) is 37.6 Å². The van der Waals surface area contributed by atoms with E-state index >= 15 is 0 Å². The van der Waals surface area contributed by atoms with E-state index in [0.717, 1.165) is 31.4 Å². The minimum absolute atomic E-state index is 0.295. The van der Waals surface area contributed by atoms with Gasteiger partial charge in [0.25, 0.3) is 0 Å². The largest absolute Gasteiger partial charge is 0.469 e. The first kappa shape index (κ1) is 17.8. The molecule has 1 aliphatic carbocycles. The maximum Gasteiger partial charge on any atom is 0.416 e. The van der Waals surface area contributed by atoms with Crippen LogP contribution < -0.4 is 5.32 Å². The van der Waals surface area contributed by atoms with E-state index in [1.807, 2.05) is 0 Å². The van der Waals surface area contributed by atoms with Crippen molar-refractivity contribution in [1.29, 1.82) is 0 Å². The summed E-state index contributed by atoms with van der Waals surface area (Å²) in [6.07, 6.45) is -0.138. The molecule has 0 aliphatic heterocycles. The number of carbonyl (C=O) groups excluding carboxylic acids is 1. The standard InChI is InChI=1S/C17H22F3NO2/c1-21-14(12-6-8-13(9-7-12)17(18,19)20)16(15(22)23-2)10-4-3-5-11-16/h6-9,14,21H,3-5,10-11H2,1-2H3. The number of alkyl halides is 3. The summed E-state index contributed by atoms with van der Waals surface area (Å²) >= 11 is 0. The van der Waals surface area contributed by atoms with E-state index in [0.29, 0.717) is 18.4 Å². The molecule has 0 bridgehead atoms. The highest BCUT2D eigenvalue weighted by atomic mass is 19.4. The molecule has 128 valence electrons. The lowest BCUT2D eigenvalue weighted by Crippen LogP contribution is -2.45. The van der Waals surface area contributed by atoms with Crippen molar-refractivity contribution < 1.29 is 22.7 Å². The van der Waals surface area contributed by atoms with Crippen molar-refractivity contribution >= 4 is 5.97 Å². The van der Waals surface area contributed by atoms with Crippen molar-refractivity contribution in [2.45, 2.75) is 44.3 Å². The maximum atomic E-state index is 12.7. The fourth-order valence-corrected chi connectivity index (χ4v) is 3.62. The molecule has 1 aliphatic rings. The summed E-state index contributed by atoms with van der Waals surface area (Å²) in [5, 5.41) is 3.12. The first-order chi connectivity index (χ1) is 10.8. The molecular formula is C17H22F3NO2. The molecule has 0 radical (unpaired) electrons. The van der Waals surface area contributed by atoms with Crippen molar-refractivity contribution in [1.82, 2.24) is 5.32 Å². The van der Waals surface area contributed by atoms with Gasteiger partial charge in [0.15, 0.2) is 0 Å². The van der Waals surface area contributed by atoms with E-state index in [9.17, 15) is 18.0 Å². The van der Waals surface area contributed by atoms with Crippen LogP contribution in [-0.4, -0.2) is 20.1 Å². The molecule has 6 heteroatoms. The molecular weight excluding hydrogens is 307 g/mol. The second kappa shape index (κ2) is 6.91. The first-order valence-electron chi connectivity index (χ1n) is 7.78. The van der Waals surface area contributed by atoms with Crippen LogP contribution in [0.25, 0.3) is 0 Å². The molecule has 0 heterocycles. The van der Waals surface area contributed by atoms with E-state index in [-0.39, 0.29) is 12.0 Å². The first-order valence-corrected chi connectivity index (χ1v) is 7.78. The Morgan fingerprint density at radius 3 is 2.17 bits per heavy atom. The third kappa shape index (κ3) is 3.52. The second-order valence-electron chi connectivity index (χ2n) is 6.05. The number of ether oxygens (including phenoxy) is 1. The summed E-state index contributed by atoms with van der Waals surface area (Å²) in [6, 6.07) is 4.66. The smallest absolute Gasteiger partial charge is 0.416 e. The van der Waals surface area contributed by atoms with Gasteiger partial charge in [0.1, 0.15) is 0 Å². The number of hydrogen-bond donors (Lipinski definition) is 1. The van der Waals surface area contributed by atoms with E-state index in [1.165, 1.54) is 19.2 Å². The lowest BCUT2D eigenvalue weighted by molar-refractivity contribution is -0.157. The van der Waals surface area contributed by atoms with Crippen molar-refractivity contribution in [2.24, 2.45) is 5.41 Å². The molecule has 0 spiro atoms. The third-order valence-electron chi connectivity index (χ3n) is 4.75. The number of halogens is 3. The van der Waals surface area contributed by atoms with E-state index in [1.54, 1.807) is 7.05 Å². The molecule has 1 unspecified atom stereocenters. The number of carbonyl (C=O) groups is 1. The van der Waals surface area contributed by atoms with Gasteiger partial charge in [-0.25, -0.2) is 0 Å². The highest BCUT2D eigenvalue weighted by Gasteiger charge is 2.47. The molecule has 1 fully saturated rings. The number of benzene rings is 1. The monoisotopic (exact) mass is 329 g/mol. The van der Waals surface area contributed by atoms with Crippen LogP contribution in [0.1, 0.15) is 49.3 Å². The highest BCUT2D eigenvalue weighted by molar-refractivity contribution is 5.78. The Kier molecular flexibility index (Phi) is 5.34. The average Bonchev–Trinajstić information content (AvgIpc) is 2.55. The average molecular weight is 329 g/mol. The van der Waals surface area contributed by atoms with Gasteiger partial charge >= 0.3 is 12.1 Å². The van der Waals surface area contributed by atoms with Gasteiger partial charge in [-0.15, -0.1) is 0 Å². The zero-order chi connectivity index (χ0) is 17.1. The Hall–Kier alpha value is -1.56. The van der Waals surface area contributed by atoms with Crippen molar-refractivity contribution in [3.05, 3.63) is 35.4 Å². The number of rotatable bonds is 4. The Morgan fingerprint density at radius 2 is 1.74 bits per heavy atom. The predicted molar refractivity (Wildman–Crippen MR) is 80.8 cm³/mol. The molecule has 0 amide bonds. The topological polar surface area (TPSA) is 38.3 Å². The van der Waals surface area contributed by atoms with Gasteiger partial charge in [-0.2, -0.15) is 13.2 Å². The predicted octanol–water partition coefficient (Wildman–Crippen LogP) is 4.09. The van der Waals surface area contributed by atoms with Gasteiger partial charge in [0.2, 0.25) is 0 Å². The van der Waals surface area contributed by atoms with Crippen LogP contribution in [0, 0.1) is 5.41 Å². The lowest BCUT2D eigenvalue weighted by atomic mass is 9.67. The van der Waals surface area contributed by atoms with E-state index in [4.69, 9.17) is 4.74 Å². The van der Waals surface area contributed by atoms with Gasteiger partial charge < -0.3 is 10.1 Å². The normalized spacial score (nSPS) is 19.2. The molecule has 1 aromatic rings. The lowest BCUT2D eigenvalue weighted by Gasteiger charge is -2.41. The van der Waals surface area contributed by atoms with Crippen LogP contribution >= 0.6 is 0 Å².